The smallest absolute Gasteiger partial charge is 0.230 e. The minimum Gasteiger partial charge on any atom is -0.369 e. The van der Waals surface area contributed by atoms with Crippen LogP contribution in [0.2, 0.25) is 0 Å². The lowest BCUT2D eigenvalue weighted by molar-refractivity contribution is -0.122. The fraction of sp³-hybridized carbons (Fsp3) is 0.500. The summed E-state index contributed by atoms with van der Waals surface area (Å²) in [6, 6.07) is 5.91. The van der Waals surface area contributed by atoms with Crippen LogP contribution in [0.4, 0.5) is 4.39 Å². The largest absolute Gasteiger partial charge is 0.369 e. The van der Waals surface area contributed by atoms with Crippen molar-refractivity contribution >= 4 is 23.6 Å². The summed E-state index contributed by atoms with van der Waals surface area (Å²) >= 11 is 1.54. The molecule has 2 amide bonds. The number of amides is 2. The number of rotatable bonds is 7. The van der Waals surface area contributed by atoms with Crippen molar-refractivity contribution in [3.63, 3.8) is 0 Å². The summed E-state index contributed by atoms with van der Waals surface area (Å²) in [6.07, 6.45) is 0.377. The van der Waals surface area contributed by atoms with Gasteiger partial charge in [-0.2, -0.15) is 0 Å². The van der Waals surface area contributed by atoms with Crippen molar-refractivity contribution in [1.29, 1.82) is 0 Å². The first kappa shape index (κ1) is 18.5. The highest BCUT2D eigenvalue weighted by atomic mass is 32.2. The number of hydrogen-bond acceptors (Lipinski definition) is 3. The maximum absolute atomic E-state index is 12.9. The van der Waals surface area contributed by atoms with Crippen LogP contribution in [-0.2, 0) is 16.0 Å². The fourth-order valence-electron chi connectivity index (χ4n) is 1.75. The molecule has 1 atom stereocenters. The summed E-state index contributed by atoms with van der Waals surface area (Å²) in [6.45, 7) is 6.29. The Bertz CT molecular complexity index is 512. The second kappa shape index (κ2) is 8.17. The van der Waals surface area contributed by atoms with Crippen molar-refractivity contribution in [2.45, 2.75) is 31.9 Å². The summed E-state index contributed by atoms with van der Waals surface area (Å²) in [7, 11) is 0. The number of primary amides is 1. The Morgan fingerprint density at radius 1 is 1.27 bits per heavy atom. The zero-order valence-corrected chi connectivity index (χ0v) is 14.0. The van der Waals surface area contributed by atoms with Gasteiger partial charge >= 0.3 is 0 Å². The van der Waals surface area contributed by atoms with E-state index >= 15 is 0 Å². The molecule has 6 heteroatoms. The zero-order chi connectivity index (χ0) is 16.8. The molecular formula is C16H23FN2O2S. The Kier molecular flexibility index (Phi) is 6.87. The molecule has 0 aromatic heterocycles. The Balaban J connectivity index is 2.49. The second-order valence-corrected chi connectivity index (χ2v) is 7.94. The lowest BCUT2D eigenvalue weighted by atomic mass is 9.98. The van der Waals surface area contributed by atoms with E-state index in [1.807, 2.05) is 20.8 Å². The van der Waals surface area contributed by atoms with Gasteiger partial charge in [-0.3, -0.25) is 9.59 Å². The maximum Gasteiger partial charge on any atom is 0.230 e. The van der Waals surface area contributed by atoms with Crippen LogP contribution < -0.4 is 11.1 Å². The molecule has 1 rings (SSSR count). The lowest BCUT2D eigenvalue weighted by Crippen LogP contribution is -2.38. The molecule has 0 radical (unpaired) electrons. The van der Waals surface area contributed by atoms with E-state index in [2.05, 4.69) is 5.32 Å². The highest BCUT2D eigenvalue weighted by Gasteiger charge is 2.18. The van der Waals surface area contributed by atoms with Crippen molar-refractivity contribution < 1.29 is 14.0 Å². The highest BCUT2D eigenvalue weighted by Crippen LogP contribution is 2.22. The first-order valence-electron chi connectivity index (χ1n) is 7.12. The predicted octanol–water partition coefficient (Wildman–Crippen LogP) is 2.12. The van der Waals surface area contributed by atoms with Gasteiger partial charge in [-0.05, 0) is 24.1 Å². The van der Waals surface area contributed by atoms with E-state index in [1.165, 1.54) is 23.9 Å². The molecule has 0 aliphatic rings. The molecule has 0 spiro atoms. The van der Waals surface area contributed by atoms with E-state index in [-0.39, 0.29) is 23.0 Å². The minimum atomic E-state index is -0.506. The van der Waals surface area contributed by atoms with Gasteiger partial charge in [-0.15, -0.1) is 11.8 Å². The fourth-order valence-corrected chi connectivity index (χ4v) is 2.41. The van der Waals surface area contributed by atoms with Gasteiger partial charge in [0.05, 0.1) is 11.7 Å². The number of nitrogens with two attached hydrogens (primary N) is 1. The van der Waals surface area contributed by atoms with Crippen LogP contribution in [0, 0.1) is 11.7 Å². The van der Waals surface area contributed by atoms with E-state index in [9.17, 15) is 14.0 Å². The first-order chi connectivity index (χ1) is 10.2. The third-order valence-corrected chi connectivity index (χ3v) is 4.25. The van der Waals surface area contributed by atoms with Crippen LogP contribution in [0.25, 0.3) is 0 Å². The number of carbonyl (C=O) groups excluding carboxylic acids is 2. The van der Waals surface area contributed by atoms with E-state index < -0.39 is 11.8 Å². The van der Waals surface area contributed by atoms with Gasteiger partial charge in [0.1, 0.15) is 5.82 Å². The molecule has 0 heterocycles. The Morgan fingerprint density at radius 2 is 1.86 bits per heavy atom. The van der Waals surface area contributed by atoms with Crippen LogP contribution in [0.5, 0.6) is 0 Å². The van der Waals surface area contributed by atoms with Gasteiger partial charge in [-0.1, -0.05) is 32.9 Å². The maximum atomic E-state index is 12.9. The molecule has 0 aliphatic carbocycles. The van der Waals surface area contributed by atoms with Gasteiger partial charge in [0.2, 0.25) is 11.8 Å². The van der Waals surface area contributed by atoms with Gasteiger partial charge in [0, 0.05) is 11.3 Å². The van der Waals surface area contributed by atoms with Crippen molar-refractivity contribution in [2.75, 3.05) is 12.3 Å². The molecule has 0 saturated heterocycles. The SMILES string of the molecule is CC(C)(C)SCC(=O)NCC(Cc1ccc(F)cc1)C(N)=O. The van der Waals surface area contributed by atoms with Crippen LogP contribution in [0.3, 0.4) is 0 Å². The van der Waals surface area contributed by atoms with E-state index in [0.29, 0.717) is 12.2 Å². The number of hydrogen-bond donors (Lipinski definition) is 2. The zero-order valence-electron chi connectivity index (χ0n) is 13.2. The molecule has 0 bridgehead atoms. The van der Waals surface area contributed by atoms with E-state index in [0.717, 1.165) is 5.56 Å². The van der Waals surface area contributed by atoms with Crippen LogP contribution in [0.15, 0.2) is 24.3 Å². The van der Waals surface area contributed by atoms with Gasteiger partial charge in [0.15, 0.2) is 0 Å². The van der Waals surface area contributed by atoms with E-state index in [4.69, 9.17) is 5.73 Å². The van der Waals surface area contributed by atoms with Gasteiger partial charge < -0.3 is 11.1 Å². The third-order valence-electron chi connectivity index (χ3n) is 2.98. The summed E-state index contributed by atoms with van der Waals surface area (Å²) in [4.78, 5) is 23.3. The lowest BCUT2D eigenvalue weighted by Gasteiger charge is -2.18. The summed E-state index contributed by atoms with van der Waals surface area (Å²) in [5.41, 5.74) is 6.18. The monoisotopic (exact) mass is 326 g/mol. The van der Waals surface area contributed by atoms with E-state index in [1.54, 1.807) is 12.1 Å². The second-order valence-electron chi connectivity index (χ2n) is 6.14. The minimum absolute atomic E-state index is 0.00847. The topological polar surface area (TPSA) is 72.2 Å². The average Bonchev–Trinajstić information content (AvgIpc) is 2.42. The van der Waals surface area contributed by atoms with Gasteiger partial charge in [0.25, 0.3) is 0 Å². The third kappa shape index (κ3) is 7.45. The number of benzene rings is 1. The standard InChI is InChI=1S/C16H23FN2O2S/c1-16(2,3)22-10-14(20)19-9-12(15(18)21)8-11-4-6-13(17)7-5-11/h4-7,12H,8-10H2,1-3H3,(H2,18,21)(H,19,20). The summed E-state index contributed by atoms with van der Waals surface area (Å²) < 4.78 is 12.9. The number of halogens is 1. The molecule has 4 nitrogen and oxygen atoms in total. The van der Waals surface area contributed by atoms with Crippen molar-refractivity contribution in [3.8, 4) is 0 Å². The predicted molar refractivity (Wildman–Crippen MR) is 88.0 cm³/mol. The summed E-state index contributed by atoms with van der Waals surface area (Å²) in [5.74, 6) is -1.09. The van der Waals surface area contributed by atoms with Gasteiger partial charge in [-0.25, -0.2) is 4.39 Å². The van der Waals surface area contributed by atoms with Crippen LogP contribution in [0.1, 0.15) is 26.3 Å². The van der Waals surface area contributed by atoms with Crippen molar-refractivity contribution in [3.05, 3.63) is 35.6 Å². The Hall–Kier alpha value is -1.56. The highest BCUT2D eigenvalue weighted by molar-refractivity contribution is 8.01. The van der Waals surface area contributed by atoms with Crippen molar-refractivity contribution in [2.24, 2.45) is 11.7 Å². The molecule has 1 aromatic carbocycles. The number of nitrogens with one attached hydrogen (secondary N) is 1. The molecular weight excluding hydrogens is 303 g/mol. The molecule has 0 saturated carbocycles. The van der Waals surface area contributed by atoms with Crippen LogP contribution in [-0.4, -0.2) is 28.9 Å². The quantitative estimate of drug-likeness (QED) is 0.806. The Labute approximate surface area is 135 Å². The normalized spacial score (nSPS) is 12.7. The van der Waals surface area contributed by atoms with Crippen molar-refractivity contribution in [1.82, 2.24) is 5.32 Å². The molecule has 0 fully saturated rings. The summed E-state index contributed by atoms with van der Waals surface area (Å²) in [5, 5.41) is 2.73. The molecule has 1 aromatic rings. The molecule has 1 unspecified atom stereocenters. The molecule has 3 N–H and O–H groups in total. The Morgan fingerprint density at radius 3 is 2.36 bits per heavy atom. The molecule has 0 aliphatic heterocycles. The first-order valence-corrected chi connectivity index (χ1v) is 8.10. The number of carbonyl (C=O) groups is 2. The molecule has 122 valence electrons. The number of thioether (sulfide) groups is 1. The van der Waals surface area contributed by atoms with Crippen LogP contribution >= 0.6 is 11.8 Å². The molecule has 22 heavy (non-hydrogen) atoms. The average molecular weight is 326 g/mol.